The number of carbonyl (C=O) groups excluding carboxylic acids is 1. The second kappa shape index (κ2) is 3.23. The number of esters is 1. The number of ether oxygens (including phenoxy) is 1. The van der Waals surface area contributed by atoms with Crippen LogP contribution < -0.4 is 0 Å². The zero-order valence-electron chi connectivity index (χ0n) is 10.3. The summed E-state index contributed by atoms with van der Waals surface area (Å²) in [6.45, 7) is 8.30. The van der Waals surface area contributed by atoms with Crippen molar-refractivity contribution in [1.29, 1.82) is 0 Å². The average molecular weight is 210 g/mol. The van der Waals surface area contributed by atoms with Crippen molar-refractivity contribution in [3.8, 4) is 0 Å². The van der Waals surface area contributed by atoms with Gasteiger partial charge in [0.25, 0.3) is 0 Å². The highest BCUT2D eigenvalue weighted by molar-refractivity contribution is 5.79. The van der Waals surface area contributed by atoms with E-state index in [0.29, 0.717) is 5.41 Å². The van der Waals surface area contributed by atoms with Gasteiger partial charge < -0.3 is 4.74 Å². The van der Waals surface area contributed by atoms with Gasteiger partial charge in [-0.3, -0.25) is 4.79 Å². The summed E-state index contributed by atoms with van der Waals surface area (Å²) >= 11 is 0. The van der Waals surface area contributed by atoms with Crippen LogP contribution in [0.4, 0.5) is 0 Å². The van der Waals surface area contributed by atoms with Crippen molar-refractivity contribution in [2.75, 3.05) is 0 Å². The lowest BCUT2D eigenvalue weighted by molar-refractivity contribution is -0.150. The van der Waals surface area contributed by atoms with Crippen molar-refractivity contribution in [2.45, 2.75) is 59.5 Å². The third-order valence-electron chi connectivity index (χ3n) is 4.56. The molecule has 0 aromatic heterocycles. The first-order valence-corrected chi connectivity index (χ1v) is 6.12. The van der Waals surface area contributed by atoms with Crippen LogP contribution in [0.15, 0.2) is 0 Å². The largest absolute Gasteiger partial charge is 0.463 e. The molecule has 0 aliphatic heterocycles. The monoisotopic (exact) mass is 210 g/mol. The first-order chi connectivity index (χ1) is 6.92. The fraction of sp³-hybridized carbons (Fsp3) is 0.923. The molecule has 1 spiro atoms. The lowest BCUT2D eigenvalue weighted by Crippen LogP contribution is -2.16. The Bertz CT molecular complexity index is 272. The molecule has 0 radical (unpaired) electrons. The zero-order valence-corrected chi connectivity index (χ0v) is 10.3. The molecule has 2 heteroatoms. The van der Waals surface area contributed by atoms with Gasteiger partial charge in [0, 0.05) is 0 Å². The van der Waals surface area contributed by atoms with Gasteiger partial charge in [0.1, 0.15) is 0 Å². The van der Waals surface area contributed by atoms with E-state index in [1.165, 1.54) is 25.7 Å². The Kier molecular flexibility index (Phi) is 2.36. The predicted octanol–water partition coefficient (Wildman–Crippen LogP) is 3.15. The van der Waals surface area contributed by atoms with Gasteiger partial charge in [-0.2, -0.15) is 0 Å². The summed E-state index contributed by atoms with van der Waals surface area (Å²) in [6, 6.07) is 0. The Morgan fingerprint density at radius 1 is 1.27 bits per heavy atom. The van der Waals surface area contributed by atoms with Crippen LogP contribution in [0.1, 0.15) is 53.4 Å². The second-order valence-electron chi connectivity index (χ2n) is 6.00. The maximum absolute atomic E-state index is 12.0. The molecule has 2 nitrogen and oxygen atoms in total. The molecule has 2 saturated carbocycles. The molecule has 2 aliphatic carbocycles. The van der Waals surface area contributed by atoms with Crippen LogP contribution >= 0.6 is 0 Å². The molecule has 0 aromatic rings. The van der Waals surface area contributed by atoms with Gasteiger partial charge in [-0.1, -0.05) is 26.7 Å². The number of hydrogen-bond acceptors (Lipinski definition) is 2. The van der Waals surface area contributed by atoms with E-state index in [1.54, 1.807) is 0 Å². The van der Waals surface area contributed by atoms with Gasteiger partial charge in [-0.25, -0.2) is 0 Å². The van der Waals surface area contributed by atoms with Crippen LogP contribution in [-0.2, 0) is 9.53 Å². The lowest BCUT2D eigenvalue weighted by atomic mass is 9.94. The molecule has 2 aliphatic rings. The minimum absolute atomic E-state index is 0.0207. The Morgan fingerprint density at radius 3 is 2.27 bits per heavy atom. The summed E-state index contributed by atoms with van der Waals surface area (Å²) in [7, 11) is 0. The van der Waals surface area contributed by atoms with Crippen LogP contribution in [0.2, 0.25) is 0 Å². The van der Waals surface area contributed by atoms with Gasteiger partial charge >= 0.3 is 5.97 Å². The van der Waals surface area contributed by atoms with Crippen molar-refractivity contribution in [3.05, 3.63) is 0 Å². The Hall–Kier alpha value is -0.530. The second-order valence-corrected chi connectivity index (χ2v) is 6.00. The molecule has 0 bridgehead atoms. The van der Waals surface area contributed by atoms with Crippen molar-refractivity contribution in [1.82, 2.24) is 0 Å². The molecule has 0 N–H and O–H groups in total. The Labute approximate surface area is 92.4 Å². The molecule has 2 fully saturated rings. The summed E-state index contributed by atoms with van der Waals surface area (Å²) in [5, 5.41) is 0. The molecule has 1 unspecified atom stereocenters. The van der Waals surface area contributed by atoms with Crippen LogP contribution in [0.5, 0.6) is 0 Å². The smallest absolute Gasteiger partial charge is 0.310 e. The van der Waals surface area contributed by atoms with E-state index in [-0.39, 0.29) is 23.4 Å². The maximum Gasteiger partial charge on any atom is 0.310 e. The van der Waals surface area contributed by atoms with Crippen LogP contribution in [0, 0.1) is 16.7 Å². The Morgan fingerprint density at radius 2 is 1.80 bits per heavy atom. The van der Waals surface area contributed by atoms with Crippen LogP contribution in [0.25, 0.3) is 0 Å². The molecule has 86 valence electrons. The number of carbonyl (C=O) groups is 1. The zero-order chi connectivity index (χ0) is 11.3. The van der Waals surface area contributed by atoms with Gasteiger partial charge in [0.05, 0.1) is 12.0 Å². The van der Waals surface area contributed by atoms with Crippen molar-refractivity contribution in [2.24, 2.45) is 16.7 Å². The van der Waals surface area contributed by atoms with E-state index in [1.807, 2.05) is 13.8 Å². The highest BCUT2D eigenvalue weighted by atomic mass is 16.5. The van der Waals surface area contributed by atoms with Crippen molar-refractivity contribution >= 4 is 5.97 Å². The van der Waals surface area contributed by atoms with E-state index in [9.17, 15) is 4.79 Å². The van der Waals surface area contributed by atoms with Crippen LogP contribution in [0.3, 0.4) is 0 Å². The van der Waals surface area contributed by atoms with E-state index >= 15 is 0 Å². The standard InChI is InChI=1S/C13H22O2/c1-9(2)15-11(14)10-12(3,4)13(10)7-5-6-8-13/h9-10H,5-8H2,1-4H3. The summed E-state index contributed by atoms with van der Waals surface area (Å²) in [6.07, 6.45) is 5.03. The van der Waals surface area contributed by atoms with Gasteiger partial charge in [0.2, 0.25) is 0 Å². The van der Waals surface area contributed by atoms with Gasteiger partial charge in [-0.05, 0) is 37.5 Å². The first kappa shape index (κ1) is 11.0. The molecule has 0 heterocycles. The van der Waals surface area contributed by atoms with E-state index in [0.717, 1.165) is 0 Å². The van der Waals surface area contributed by atoms with E-state index in [4.69, 9.17) is 4.74 Å². The minimum Gasteiger partial charge on any atom is -0.463 e. The summed E-state index contributed by atoms with van der Waals surface area (Å²) in [5.41, 5.74) is 0.467. The fourth-order valence-electron chi connectivity index (χ4n) is 3.70. The first-order valence-electron chi connectivity index (χ1n) is 6.12. The highest BCUT2D eigenvalue weighted by Crippen LogP contribution is 2.75. The van der Waals surface area contributed by atoms with Gasteiger partial charge in [0.15, 0.2) is 0 Å². The molecule has 0 saturated heterocycles. The summed E-state index contributed by atoms with van der Waals surface area (Å²) in [4.78, 5) is 12.0. The molecule has 2 rings (SSSR count). The number of hydrogen-bond donors (Lipinski definition) is 0. The predicted molar refractivity (Wildman–Crippen MR) is 59.4 cm³/mol. The molecule has 15 heavy (non-hydrogen) atoms. The molecule has 0 amide bonds. The normalized spacial score (nSPS) is 30.9. The number of rotatable bonds is 2. The minimum atomic E-state index is 0.0207. The van der Waals surface area contributed by atoms with E-state index in [2.05, 4.69) is 13.8 Å². The van der Waals surface area contributed by atoms with Crippen molar-refractivity contribution in [3.63, 3.8) is 0 Å². The third-order valence-corrected chi connectivity index (χ3v) is 4.56. The average Bonchev–Trinajstić information content (AvgIpc) is 2.47. The fourth-order valence-corrected chi connectivity index (χ4v) is 3.70. The molecule has 0 aromatic carbocycles. The lowest BCUT2D eigenvalue weighted by Gasteiger charge is -2.11. The summed E-state index contributed by atoms with van der Waals surface area (Å²) < 4.78 is 5.36. The quantitative estimate of drug-likeness (QED) is 0.654. The molecule has 1 atom stereocenters. The van der Waals surface area contributed by atoms with Crippen LogP contribution in [-0.4, -0.2) is 12.1 Å². The molecular weight excluding hydrogens is 188 g/mol. The topological polar surface area (TPSA) is 26.3 Å². The third kappa shape index (κ3) is 1.41. The summed E-state index contributed by atoms with van der Waals surface area (Å²) in [5.74, 6) is 0.201. The SMILES string of the molecule is CC(C)OC(=O)C1C(C)(C)C12CCCC2. The highest BCUT2D eigenvalue weighted by Gasteiger charge is 2.74. The Balaban J connectivity index is 2.09. The van der Waals surface area contributed by atoms with E-state index < -0.39 is 0 Å². The van der Waals surface area contributed by atoms with Crippen molar-refractivity contribution < 1.29 is 9.53 Å². The van der Waals surface area contributed by atoms with Gasteiger partial charge in [-0.15, -0.1) is 0 Å². The maximum atomic E-state index is 12.0. The molecular formula is C13H22O2.